The number of fused-ring (bicyclic) bond motifs is 1. The summed E-state index contributed by atoms with van der Waals surface area (Å²) in [6.07, 6.45) is 0.536. The van der Waals surface area contributed by atoms with Crippen molar-refractivity contribution >= 4 is 22.6 Å². The maximum atomic E-state index is 12.2. The average molecular weight is 330 g/mol. The van der Waals surface area contributed by atoms with Gasteiger partial charge < -0.3 is 9.84 Å². The van der Waals surface area contributed by atoms with Crippen LogP contribution in [0.3, 0.4) is 0 Å². The number of aliphatic hydroxyl groups excluding tert-OH is 1. The standard InChI is InChI=1S/C18H22N2O4/c1-12(18(23)20-19-17(22)4-3-9-21)13-5-6-15-11-16(24-2)8-7-14(15)10-13/h5-8,10-12,21H,3-4,9H2,1-2H3,(H,19,22)(H,20,23). The van der Waals surface area contributed by atoms with Gasteiger partial charge in [0.25, 0.3) is 0 Å². The number of hydrogen-bond donors (Lipinski definition) is 3. The van der Waals surface area contributed by atoms with E-state index in [0.29, 0.717) is 6.42 Å². The van der Waals surface area contributed by atoms with Crippen molar-refractivity contribution in [2.24, 2.45) is 0 Å². The topological polar surface area (TPSA) is 87.7 Å². The number of amides is 2. The quantitative estimate of drug-likeness (QED) is 0.706. The Hall–Kier alpha value is -2.60. The second-order valence-electron chi connectivity index (χ2n) is 5.56. The third-order valence-electron chi connectivity index (χ3n) is 3.85. The molecule has 0 aliphatic heterocycles. The van der Waals surface area contributed by atoms with Crippen LogP contribution in [0.25, 0.3) is 10.8 Å². The van der Waals surface area contributed by atoms with E-state index in [0.717, 1.165) is 22.1 Å². The molecule has 0 fully saturated rings. The molecule has 6 nitrogen and oxygen atoms in total. The minimum atomic E-state index is -0.408. The molecule has 0 aliphatic carbocycles. The fraction of sp³-hybridized carbons (Fsp3) is 0.333. The molecule has 128 valence electrons. The summed E-state index contributed by atoms with van der Waals surface area (Å²) in [7, 11) is 1.62. The Morgan fingerprint density at radius 2 is 1.83 bits per heavy atom. The lowest BCUT2D eigenvalue weighted by molar-refractivity contribution is -0.129. The Kier molecular flexibility index (Phi) is 6.14. The molecule has 1 unspecified atom stereocenters. The molecule has 0 saturated heterocycles. The lowest BCUT2D eigenvalue weighted by atomic mass is 9.97. The monoisotopic (exact) mass is 330 g/mol. The molecule has 24 heavy (non-hydrogen) atoms. The molecule has 6 heteroatoms. The lowest BCUT2D eigenvalue weighted by Crippen LogP contribution is -2.43. The van der Waals surface area contributed by atoms with Crippen molar-refractivity contribution in [1.82, 2.24) is 10.9 Å². The van der Waals surface area contributed by atoms with Crippen molar-refractivity contribution in [2.45, 2.75) is 25.7 Å². The van der Waals surface area contributed by atoms with Crippen molar-refractivity contribution in [2.75, 3.05) is 13.7 Å². The molecule has 2 aromatic carbocycles. The zero-order valence-electron chi connectivity index (χ0n) is 13.8. The van der Waals surface area contributed by atoms with Gasteiger partial charge in [-0.1, -0.05) is 24.3 Å². The van der Waals surface area contributed by atoms with Crippen molar-refractivity contribution < 1.29 is 19.4 Å². The van der Waals surface area contributed by atoms with Gasteiger partial charge in [0.1, 0.15) is 5.75 Å². The molecule has 0 bridgehead atoms. The summed E-state index contributed by atoms with van der Waals surface area (Å²) < 4.78 is 5.20. The van der Waals surface area contributed by atoms with E-state index in [2.05, 4.69) is 10.9 Å². The lowest BCUT2D eigenvalue weighted by Gasteiger charge is -2.14. The second-order valence-corrected chi connectivity index (χ2v) is 5.56. The van der Waals surface area contributed by atoms with E-state index in [9.17, 15) is 9.59 Å². The van der Waals surface area contributed by atoms with Crippen molar-refractivity contribution in [3.05, 3.63) is 42.0 Å². The van der Waals surface area contributed by atoms with Gasteiger partial charge >= 0.3 is 0 Å². The number of carbonyl (C=O) groups excluding carboxylic acids is 2. The zero-order chi connectivity index (χ0) is 17.5. The maximum absolute atomic E-state index is 12.2. The van der Waals surface area contributed by atoms with Crippen LogP contribution in [0.4, 0.5) is 0 Å². The molecule has 0 radical (unpaired) electrons. The van der Waals surface area contributed by atoms with Crippen LogP contribution in [0.5, 0.6) is 5.75 Å². The highest BCUT2D eigenvalue weighted by molar-refractivity contribution is 5.89. The van der Waals surface area contributed by atoms with Crippen molar-refractivity contribution in [3.8, 4) is 5.75 Å². The number of carbonyl (C=O) groups is 2. The molecule has 0 aromatic heterocycles. The number of hydrazine groups is 1. The van der Waals surface area contributed by atoms with E-state index in [1.165, 1.54) is 0 Å². The number of ether oxygens (including phenoxy) is 1. The van der Waals surface area contributed by atoms with Crippen molar-refractivity contribution in [3.63, 3.8) is 0 Å². The fourth-order valence-electron chi connectivity index (χ4n) is 2.33. The smallest absolute Gasteiger partial charge is 0.245 e. The number of rotatable bonds is 6. The first-order chi connectivity index (χ1) is 11.5. The molecular formula is C18H22N2O4. The number of methoxy groups -OCH3 is 1. The largest absolute Gasteiger partial charge is 0.497 e. The molecule has 2 rings (SSSR count). The van der Waals surface area contributed by atoms with E-state index < -0.39 is 5.92 Å². The van der Waals surface area contributed by atoms with Crippen LogP contribution in [-0.4, -0.2) is 30.6 Å². The summed E-state index contributed by atoms with van der Waals surface area (Å²) in [5.41, 5.74) is 5.63. The summed E-state index contributed by atoms with van der Waals surface area (Å²) >= 11 is 0. The summed E-state index contributed by atoms with van der Waals surface area (Å²) in [6.45, 7) is 1.72. The van der Waals surface area contributed by atoms with E-state index in [1.807, 2.05) is 36.4 Å². The summed E-state index contributed by atoms with van der Waals surface area (Å²) in [6, 6.07) is 11.5. The van der Waals surface area contributed by atoms with Gasteiger partial charge in [-0.25, -0.2) is 0 Å². The second kappa shape index (κ2) is 8.31. The molecule has 2 aromatic rings. The third kappa shape index (κ3) is 4.45. The minimum absolute atomic E-state index is 0.0559. The molecule has 0 heterocycles. The summed E-state index contributed by atoms with van der Waals surface area (Å²) in [5, 5.41) is 10.7. The van der Waals surface area contributed by atoms with Gasteiger partial charge in [-0.15, -0.1) is 0 Å². The Balaban J connectivity index is 2.03. The van der Waals surface area contributed by atoms with Crippen molar-refractivity contribution in [1.29, 1.82) is 0 Å². The fourth-order valence-corrected chi connectivity index (χ4v) is 2.33. The van der Waals surface area contributed by atoms with E-state index in [1.54, 1.807) is 14.0 Å². The highest BCUT2D eigenvalue weighted by atomic mass is 16.5. The van der Waals surface area contributed by atoms with Gasteiger partial charge in [-0.05, 0) is 41.8 Å². The number of nitrogens with one attached hydrogen (secondary N) is 2. The third-order valence-corrected chi connectivity index (χ3v) is 3.85. The number of benzene rings is 2. The van der Waals surface area contributed by atoms with Crippen LogP contribution in [-0.2, 0) is 9.59 Å². The van der Waals surface area contributed by atoms with Gasteiger partial charge in [0.05, 0.1) is 13.0 Å². The van der Waals surface area contributed by atoms with Gasteiger partial charge in [-0.3, -0.25) is 20.4 Å². The molecule has 3 N–H and O–H groups in total. The Labute approximate surface area is 140 Å². The van der Waals surface area contributed by atoms with E-state index in [4.69, 9.17) is 9.84 Å². The van der Waals surface area contributed by atoms with Crippen LogP contribution in [0, 0.1) is 0 Å². The first kappa shape index (κ1) is 17.7. The molecule has 0 aliphatic rings. The Bertz CT molecular complexity index is 730. The van der Waals surface area contributed by atoms with Gasteiger partial charge in [0, 0.05) is 13.0 Å². The Morgan fingerprint density at radius 3 is 2.54 bits per heavy atom. The molecule has 1 atom stereocenters. The highest BCUT2D eigenvalue weighted by Gasteiger charge is 2.16. The molecule has 2 amide bonds. The highest BCUT2D eigenvalue weighted by Crippen LogP contribution is 2.25. The average Bonchev–Trinajstić information content (AvgIpc) is 2.62. The predicted molar refractivity (Wildman–Crippen MR) is 91.5 cm³/mol. The van der Waals surface area contributed by atoms with Gasteiger partial charge in [0.15, 0.2) is 0 Å². The first-order valence-electron chi connectivity index (χ1n) is 7.82. The van der Waals surface area contributed by atoms with Crippen LogP contribution in [0.1, 0.15) is 31.2 Å². The minimum Gasteiger partial charge on any atom is -0.497 e. The molecular weight excluding hydrogens is 308 g/mol. The molecule has 0 spiro atoms. The first-order valence-corrected chi connectivity index (χ1v) is 7.82. The zero-order valence-corrected chi connectivity index (χ0v) is 13.8. The van der Waals surface area contributed by atoms with Gasteiger partial charge in [-0.2, -0.15) is 0 Å². The number of aliphatic hydroxyl groups is 1. The molecule has 0 saturated carbocycles. The number of hydrogen-bond acceptors (Lipinski definition) is 4. The van der Waals surface area contributed by atoms with Crippen LogP contribution >= 0.6 is 0 Å². The van der Waals surface area contributed by atoms with E-state index in [-0.39, 0.29) is 24.8 Å². The van der Waals surface area contributed by atoms with Gasteiger partial charge in [0.2, 0.25) is 11.8 Å². The summed E-state index contributed by atoms with van der Waals surface area (Å²) in [5.74, 6) is -0.239. The van der Waals surface area contributed by atoms with E-state index >= 15 is 0 Å². The summed E-state index contributed by atoms with van der Waals surface area (Å²) in [4.78, 5) is 23.6. The SMILES string of the molecule is COc1ccc2cc(C(C)C(=O)NNC(=O)CCCO)ccc2c1. The van der Waals surface area contributed by atoms with Crippen LogP contribution in [0.15, 0.2) is 36.4 Å². The van der Waals surface area contributed by atoms with Crippen LogP contribution in [0.2, 0.25) is 0 Å². The predicted octanol–water partition coefficient (Wildman–Crippen LogP) is 1.87. The Morgan fingerprint density at radius 1 is 1.12 bits per heavy atom. The maximum Gasteiger partial charge on any atom is 0.245 e. The van der Waals surface area contributed by atoms with Crippen LogP contribution < -0.4 is 15.6 Å². The normalized spacial score (nSPS) is 11.8.